The van der Waals surface area contributed by atoms with Crippen molar-refractivity contribution in [1.29, 1.82) is 0 Å². The Balaban J connectivity index is 2.53. The number of ketones is 1. The maximum absolute atomic E-state index is 13.4. The van der Waals surface area contributed by atoms with Gasteiger partial charge in [0.15, 0.2) is 17.4 Å². The predicted molar refractivity (Wildman–Crippen MR) is 63.8 cm³/mol. The molecule has 0 spiro atoms. The van der Waals surface area contributed by atoms with Crippen LogP contribution in [0, 0.1) is 23.3 Å². The lowest BCUT2D eigenvalue weighted by Gasteiger charge is -2.05. The van der Waals surface area contributed by atoms with Gasteiger partial charge in [-0.2, -0.15) is 0 Å². The highest BCUT2D eigenvalue weighted by molar-refractivity contribution is 9.10. The molecule has 6 heteroatoms. The Morgan fingerprint density at radius 3 is 2.11 bits per heavy atom. The monoisotopic (exact) mass is 332 g/mol. The number of hydrogen-bond donors (Lipinski definition) is 0. The van der Waals surface area contributed by atoms with Crippen molar-refractivity contribution in [1.82, 2.24) is 0 Å². The maximum Gasteiger partial charge on any atom is 0.196 e. The first-order valence-electron chi connectivity index (χ1n) is 5.04. The molecule has 0 N–H and O–H groups in total. The number of halogens is 5. The Morgan fingerprint density at radius 1 is 0.842 bits per heavy atom. The molecule has 2 aromatic rings. The molecular formula is C13H5BrF4O. The molecule has 0 bridgehead atoms. The van der Waals surface area contributed by atoms with E-state index in [4.69, 9.17) is 0 Å². The fourth-order valence-electron chi connectivity index (χ4n) is 1.54. The Labute approximate surface area is 114 Å². The number of benzene rings is 2. The summed E-state index contributed by atoms with van der Waals surface area (Å²) < 4.78 is 52.6. The smallest absolute Gasteiger partial charge is 0.196 e. The number of carbonyl (C=O) groups excluding carboxylic acids is 1. The van der Waals surface area contributed by atoms with Gasteiger partial charge in [-0.1, -0.05) is 15.9 Å². The fourth-order valence-corrected chi connectivity index (χ4v) is 2.00. The van der Waals surface area contributed by atoms with Gasteiger partial charge in [-0.05, 0) is 24.3 Å². The second kappa shape index (κ2) is 5.13. The van der Waals surface area contributed by atoms with E-state index in [1.807, 2.05) is 0 Å². The predicted octanol–water partition coefficient (Wildman–Crippen LogP) is 4.24. The third kappa shape index (κ3) is 2.84. The van der Waals surface area contributed by atoms with Crippen LogP contribution >= 0.6 is 15.9 Å². The van der Waals surface area contributed by atoms with Crippen LogP contribution in [0.5, 0.6) is 0 Å². The standard InChI is InChI=1S/C13H5BrF4O/c14-7-1-6(2-8(15)3-7)13(19)9-4-11(17)12(18)5-10(9)16/h1-5H. The van der Waals surface area contributed by atoms with Gasteiger partial charge in [0, 0.05) is 16.1 Å². The van der Waals surface area contributed by atoms with Crippen molar-refractivity contribution in [3.63, 3.8) is 0 Å². The van der Waals surface area contributed by atoms with Crippen molar-refractivity contribution in [2.24, 2.45) is 0 Å². The summed E-state index contributed by atoms with van der Waals surface area (Å²) in [7, 11) is 0. The number of rotatable bonds is 2. The minimum Gasteiger partial charge on any atom is -0.288 e. The normalized spacial score (nSPS) is 10.6. The highest BCUT2D eigenvalue weighted by atomic mass is 79.9. The van der Waals surface area contributed by atoms with Crippen LogP contribution in [0.2, 0.25) is 0 Å². The first-order chi connectivity index (χ1) is 8.88. The van der Waals surface area contributed by atoms with Crippen molar-refractivity contribution < 1.29 is 22.4 Å². The molecule has 0 aliphatic carbocycles. The first kappa shape index (κ1) is 13.7. The zero-order chi connectivity index (χ0) is 14.2. The summed E-state index contributed by atoms with van der Waals surface area (Å²) >= 11 is 2.98. The Hall–Kier alpha value is -1.69. The van der Waals surface area contributed by atoms with Gasteiger partial charge in [0.2, 0.25) is 0 Å². The molecule has 0 amide bonds. The van der Waals surface area contributed by atoms with E-state index in [1.54, 1.807) is 0 Å². The zero-order valence-corrected chi connectivity index (χ0v) is 10.8. The largest absolute Gasteiger partial charge is 0.288 e. The van der Waals surface area contributed by atoms with E-state index in [-0.39, 0.29) is 16.1 Å². The summed E-state index contributed by atoms with van der Waals surface area (Å²) in [5.74, 6) is -5.59. The summed E-state index contributed by atoms with van der Waals surface area (Å²) in [6, 6.07) is 3.97. The number of carbonyl (C=O) groups is 1. The number of hydrogen-bond acceptors (Lipinski definition) is 1. The lowest BCUT2D eigenvalue weighted by atomic mass is 10.0. The molecule has 0 aliphatic heterocycles. The highest BCUT2D eigenvalue weighted by Crippen LogP contribution is 2.21. The topological polar surface area (TPSA) is 17.1 Å². The molecule has 2 rings (SSSR count). The third-order valence-electron chi connectivity index (χ3n) is 2.38. The zero-order valence-electron chi connectivity index (χ0n) is 9.18. The molecule has 0 fully saturated rings. The lowest BCUT2D eigenvalue weighted by Crippen LogP contribution is -2.06. The highest BCUT2D eigenvalue weighted by Gasteiger charge is 2.18. The van der Waals surface area contributed by atoms with Gasteiger partial charge in [-0.3, -0.25) is 4.79 Å². The van der Waals surface area contributed by atoms with E-state index >= 15 is 0 Å². The van der Waals surface area contributed by atoms with Gasteiger partial charge >= 0.3 is 0 Å². The summed E-state index contributed by atoms with van der Waals surface area (Å²) in [5.41, 5.74) is -0.826. The molecule has 19 heavy (non-hydrogen) atoms. The molecule has 98 valence electrons. The van der Waals surface area contributed by atoms with Crippen molar-refractivity contribution in [2.75, 3.05) is 0 Å². The van der Waals surface area contributed by atoms with E-state index in [9.17, 15) is 22.4 Å². The van der Waals surface area contributed by atoms with Crippen LogP contribution in [-0.2, 0) is 0 Å². The van der Waals surface area contributed by atoms with Gasteiger partial charge in [0.1, 0.15) is 11.6 Å². The summed E-state index contributed by atoms with van der Waals surface area (Å²) in [6.45, 7) is 0. The van der Waals surface area contributed by atoms with Crippen LogP contribution in [0.4, 0.5) is 17.6 Å². The molecule has 0 heterocycles. The van der Waals surface area contributed by atoms with E-state index < -0.39 is 34.6 Å². The third-order valence-corrected chi connectivity index (χ3v) is 2.84. The average Bonchev–Trinajstić information content (AvgIpc) is 2.31. The summed E-state index contributed by atoms with van der Waals surface area (Å²) in [4.78, 5) is 11.9. The van der Waals surface area contributed by atoms with Crippen LogP contribution < -0.4 is 0 Å². The molecule has 0 radical (unpaired) electrons. The Kier molecular flexibility index (Phi) is 3.71. The molecule has 0 aromatic heterocycles. The summed E-state index contributed by atoms with van der Waals surface area (Å²) in [5, 5.41) is 0. The second-order valence-corrected chi connectivity index (χ2v) is 4.65. The lowest BCUT2D eigenvalue weighted by molar-refractivity contribution is 0.103. The second-order valence-electron chi connectivity index (χ2n) is 3.73. The molecule has 2 aromatic carbocycles. The van der Waals surface area contributed by atoms with Crippen LogP contribution in [0.25, 0.3) is 0 Å². The Morgan fingerprint density at radius 2 is 1.47 bits per heavy atom. The minimum atomic E-state index is -1.39. The SMILES string of the molecule is O=C(c1cc(F)cc(Br)c1)c1cc(F)c(F)cc1F. The Bertz CT molecular complexity index is 650. The van der Waals surface area contributed by atoms with Crippen LogP contribution in [-0.4, -0.2) is 5.78 Å². The van der Waals surface area contributed by atoms with Gasteiger partial charge in [0.25, 0.3) is 0 Å². The van der Waals surface area contributed by atoms with E-state index in [2.05, 4.69) is 15.9 Å². The van der Waals surface area contributed by atoms with Gasteiger partial charge in [-0.25, -0.2) is 17.6 Å². The first-order valence-corrected chi connectivity index (χ1v) is 5.83. The van der Waals surface area contributed by atoms with Crippen molar-refractivity contribution in [3.8, 4) is 0 Å². The molecule has 0 unspecified atom stereocenters. The fraction of sp³-hybridized carbons (Fsp3) is 0. The van der Waals surface area contributed by atoms with Gasteiger partial charge < -0.3 is 0 Å². The van der Waals surface area contributed by atoms with Crippen molar-refractivity contribution in [2.45, 2.75) is 0 Å². The molecular weight excluding hydrogens is 328 g/mol. The van der Waals surface area contributed by atoms with Crippen LogP contribution in [0.1, 0.15) is 15.9 Å². The van der Waals surface area contributed by atoms with Crippen LogP contribution in [0.3, 0.4) is 0 Å². The molecule has 1 nitrogen and oxygen atoms in total. The quantitative estimate of drug-likeness (QED) is 0.457. The molecule has 0 saturated carbocycles. The summed E-state index contributed by atoms with van der Waals surface area (Å²) in [6.07, 6.45) is 0. The molecule has 0 saturated heterocycles. The van der Waals surface area contributed by atoms with E-state index in [0.29, 0.717) is 6.07 Å². The van der Waals surface area contributed by atoms with Crippen molar-refractivity contribution in [3.05, 3.63) is 69.2 Å². The van der Waals surface area contributed by atoms with Gasteiger partial charge in [-0.15, -0.1) is 0 Å². The van der Waals surface area contributed by atoms with Crippen molar-refractivity contribution >= 4 is 21.7 Å². The van der Waals surface area contributed by atoms with E-state index in [1.165, 1.54) is 6.07 Å². The van der Waals surface area contributed by atoms with Crippen LogP contribution in [0.15, 0.2) is 34.8 Å². The average molecular weight is 333 g/mol. The maximum atomic E-state index is 13.4. The molecule has 0 atom stereocenters. The van der Waals surface area contributed by atoms with Gasteiger partial charge in [0.05, 0.1) is 5.56 Å². The van der Waals surface area contributed by atoms with E-state index in [0.717, 1.165) is 12.1 Å². The molecule has 0 aliphatic rings. The minimum absolute atomic E-state index is 0.170.